The summed E-state index contributed by atoms with van der Waals surface area (Å²) in [5.74, 6) is -0.920. The first-order valence-electron chi connectivity index (χ1n) is 6.31. The Bertz CT molecular complexity index is 550. The van der Waals surface area contributed by atoms with Crippen molar-refractivity contribution in [2.24, 2.45) is 5.41 Å². The van der Waals surface area contributed by atoms with E-state index in [1.54, 1.807) is 25.8 Å². The first-order chi connectivity index (χ1) is 8.70. The molecule has 2 rings (SSSR count). The highest BCUT2D eigenvalue weighted by Gasteiger charge is 2.50. The van der Waals surface area contributed by atoms with E-state index in [4.69, 9.17) is 0 Å². The summed E-state index contributed by atoms with van der Waals surface area (Å²) in [6.45, 7) is 5.16. The average Bonchev–Trinajstić information content (AvgIpc) is 2.52. The number of carbonyl (C=O) groups is 2. The highest BCUT2D eigenvalue weighted by Crippen LogP contribution is 2.46. The third-order valence-electron chi connectivity index (χ3n) is 4.01. The van der Waals surface area contributed by atoms with Crippen LogP contribution in [-0.4, -0.2) is 24.0 Å². The molecule has 102 valence electrons. The Hall–Kier alpha value is -1.84. The number of carbonyl (C=O) groups excluding carboxylic acids is 1. The van der Waals surface area contributed by atoms with Crippen LogP contribution < -0.4 is 4.90 Å². The Balaban J connectivity index is 2.50. The van der Waals surface area contributed by atoms with Gasteiger partial charge in [-0.2, -0.15) is 0 Å². The SMILES string of the molecule is CN1C(=O)[C@@](C)(CC(C)(C)C(=O)O)c2ccccc21. The minimum atomic E-state index is -0.942. The molecule has 1 atom stereocenters. The van der Waals surface area contributed by atoms with Crippen LogP contribution in [0.15, 0.2) is 24.3 Å². The van der Waals surface area contributed by atoms with Crippen molar-refractivity contribution >= 4 is 17.6 Å². The van der Waals surface area contributed by atoms with Gasteiger partial charge in [-0.25, -0.2) is 0 Å². The largest absolute Gasteiger partial charge is 0.481 e. The number of fused-ring (bicyclic) bond motifs is 1. The van der Waals surface area contributed by atoms with Gasteiger partial charge in [0, 0.05) is 12.7 Å². The second-order valence-corrected chi connectivity index (χ2v) is 6.08. The number of carboxylic acids is 1. The average molecular weight is 261 g/mol. The topological polar surface area (TPSA) is 57.6 Å². The Labute approximate surface area is 113 Å². The van der Waals surface area contributed by atoms with Crippen molar-refractivity contribution in [2.75, 3.05) is 11.9 Å². The fraction of sp³-hybridized carbons (Fsp3) is 0.467. The van der Waals surface area contributed by atoms with E-state index in [0.717, 1.165) is 11.3 Å². The molecule has 0 unspecified atom stereocenters. The predicted molar refractivity (Wildman–Crippen MR) is 73.2 cm³/mol. The number of nitrogens with zero attached hydrogens (tertiary/aromatic N) is 1. The summed E-state index contributed by atoms with van der Waals surface area (Å²) < 4.78 is 0. The smallest absolute Gasteiger partial charge is 0.309 e. The molecule has 0 fully saturated rings. The molecule has 4 heteroatoms. The minimum absolute atomic E-state index is 0.0389. The summed E-state index contributed by atoms with van der Waals surface area (Å²) in [5, 5.41) is 9.29. The van der Waals surface area contributed by atoms with Crippen molar-refractivity contribution in [1.82, 2.24) is 0 Å². The molecule has 1 N–H and O–H groups in total. The van der Waals surface area contributed by atoms with Crippen LogP contribution in [0.5, 0.6) is 0 Å². The van der Waals surface area contributed by atoms with Crippen molar-refractivity contribution in [2.45, 2.75) is 32.6 Å². The third-order valence-corrected chi connectivity index (χ3v) is 4.01. The molecule has 1 aromatic rings. The van der Waals surface area contributed by atoms with Gasteiger partial charge < -0.3 is 10.0 Å². The standard InChI is InChI=1S/C15H19NO3/c1-14(2,13(18)19)9-15(3)10-7-5-6-8-11(10)16(4)12(15)17/h5-8H,9H2,1-4H3,(H,18,19)/t15-/m0/s1. The lowest BCUT2D eigenvalue weighted by Gasteiger charge is -2.31. The Morgan fingerprint density at radius 1 is 1.37 bits per heavy atom. The zero-order valence-electron chi connectivity index (χ0n) is 11.7. The molecule has 1 aliphatic heterocycles. The molecule has 0 saturated heterocycles. The zero-order chi connectivity index (χ0) is 14.4. The number of hydrogen-bond donors (Lipinski definition) is 1. The summed E-state index contributed by atoms with van der Waals surface area (Å²) in [4.78, 5) is 25.5. The van der Waals surface area contributed by atoms with Crippen LogP contribution >= 0.6 is 0 Å². The van der Waals surface area contributed by atoms with Gasteiger partial charge in [0.05, 0.1) is 10.8 Å². The maximum atomic E-state index is 12.5. The minimum Gasteiger partial charge on any atom is -0.481 e. The van der Waals surface area contributed by atoms with Crippen molar-refractivity contribution in [1.29, 1.82) is 0 Å². The van der Waals surface area contributed by atoms with Gasteiger partial charge in [0.2, 0.25) is 5.91 Å². The summed E-state index contributed by atoms with van der Waals surface area (Å²) >= 11 is 0. The Morgan fingerprint density at radius 2 is 1.95 bits per heavy atom. The van der Waals surface area contributed by atoms with E-state index in [9.17, 15) is 14.7 Å². The molecule has 4 nitrogen and oxygen atoms in total. The fourth-order valence-electron chi connectivity index (χ4n) is 2.96. The van der Waals surface area contributed by atoms with E-state index in [-0.39, 0.29) is 12.3 Å². The molecule has 1 heterocycles. The number of benzene rings is 1. The number of para-hydroxylation sites is 1. The normalized spacial score (nSPS) is 22.5. The Morgan fingerprint density at radius 3 is 2.53 bits per heavy atom. The highest BCUT2D eigenvalue weighted by atomic mass is 16.4. The molecule has 0 aromatic heterocycles. The van der Waals surface area contributed by atoms with Crippen molar-refractivity contribution in [3.8, 4) is 0 Å². The van der Waals surface area contributed by atoms with E-state index >= 15 is 0 Å². The number of aliphatic carboxylic acids is 1. The third kappa shape index (κ3) is 1.91. The summed E-state index contributed by atoms with van der Waals surface area (Å²) in [6, 6.07) is 7.58. The molecule has 1 amide bonds. The van der Waals surface area contributed by atoms with Crippen LogP contribution in [0.3, 0.4) is 0 Å². The second kappa shape index (κ2) is 4.08. The Kier molecular flexibility index (Phi) is 2.92. The fourth-order valence-corrected chi connectivity index (χ4v) is 2.96. The molecule has 0 radical (unpaired) electrons. The molecular weight excluding hydrogens is 242 g/mol. The number of anilines is 1. The van der Waals surface area contributed by atoms with Gasteiger partial charge in [-0.15, -0.1) is 0 Å². The van der Waals surface area contributed by atoms with Crippen LogP contribution in [0.2, 0.25) is 0 Å². The lowest BCUT2D eigenvalue weighted by atomic mass is 9.71. The van der Waals surface area contributed by atoms with E-state index in [1.165, 1.54) is 0 Å². The van der Waals surface area contributed by atoms with Gasteiger partial charge in [-0.3, -0.25) is 9.59 Å². The number of carboxylic acid groups (broad SMARTS) is 1. The molecular formula is C15H19NO3. The molecule has 1 aliphatic rings. The molecule has 0 spiro atoms. The van der Waals surface area contributed by atoms with E-state index in [0.29, 0.717) is 0 Å². The van der Waals surface area contributed by atoms with Gasteiger partial charge >= 0.3 is 5.97 Å². The maximum absolute atomic E-state index is 12.5. The summed E-state index contributed by atoms with van der Waals surface area (Å²) in [5.41, 5.74) is 0.0728. The number of hydrogen-bond acceptors (Lipinski definition) is 2. The van der Waals surface area contributed by atoms with Crippen LogP contribution in [0.1, 0.15) is 32.8 Å². The van der Waals surface area contributed by atoms with Gasteiger partial charge in [0.15, 0.2) is 0 Å². The molecule has 19 heavy (non-hydrogen) atoms. The van der Waals surface area contributed by atoms with E-state index < -0.39 is 16.8 Å². The van der Waals surface area contributed by atoms with Crippen LogP contribution in [0.4, 0.5) is 5.69 Å². The van der Waals surface area contributed by atoms with Gasteiger partial charge in [-0.05, 0) is 38.8 Å². The number of rotatable bonds is 3. The zero-order valence-corrected chi connectivity index (χ0v) is 11.7. The predicted octanol–water partition coefficient (Wildman–Crippen LogP) is 2.42. The van der Waals surface area contributed by atoms with Crippen LogP contribution in [0, 0.1) is 5.41 Å². The molecule has 0 aliphatic carbocycles. The van der Waals surface area contributed by atoms with Crippen LogP contribution in [-0.2, 0) is 15.0 Å². The first-order valence-corrected chi connectivity index (χ1v) is 6.31. The summed E-state index contributed by atoms with van der Waals surface area (Å²) in [7, 11) is 1.74. The first kappa shape index (κ1) is 13.6. The lowest BCUT2D eigenvalue weighted by molar-refractivity contribution is -0.148. The van der Waals surface area contributed by atoms with Crippen molar-refractivity contribution in [3.05, 3.63) is 29.8 Å². The second-order valence-electron chi connectivity index (χ2n) is 6.08. The van der Waals surface area contributed by atoms with Crippen LogP contribution in [0.25, 0.3) is 0 Å². The van der Waals surface area contributed by atoms with Gasteiger partial charge in [-0.1, -0.05) is 18.2 Å². The monoisotopic (exact) mass is 261 g/mol. The summed E-state index contributed by atoms with van der Waals surface area (Å²) in [6.07, 6.45) is 0.287. The molecule has 1 aromatic carbocycles. The quantitative estimate of drug-likeness (QED) is 0.909. The van der Waals surface area contributed by atoms with Crippen molar-refractivity contribution < 1.29 is 14.7 Å². The maximum Gasteiger partial charge on any atom is 0.309 e. The molecule has 0 bridgehead atoms. The lowest BCUT2D eigenvalue weighted by Crippen LogP contribution is -2.41. The number of likely N-dealkylation sites (N-methyl/N-ethyl adjacent to an activating group) is 1. The van der Waals surface area contributed by atoms with Crippen molar-refractivity contribution in [3.63, 3.8) is 0 Å². The number of amides is 1. The molecule has 0 saturated carbocycles. The van der Waals surface area contributed by atoms with Gasteiger partial charge in [0.1, 0.15) is 0 Å². The van der Waals surface area contributed by atoms with E-state index in [1.807, 2.05) is 31.2 Å². The van der Waals surface area contributed by atoms with E-state index in [2.05, 4.69) is 0 Å². The van der Waals surface area contributed by atoms with Gasteiger partial charge in [0.25, 0.3) is 0 Å². The highest BCUT2D eigenvalue weighted by molar-refractivity contribution is 6.07.